The van der Waals surface area contributed by atoms with Crippen LogP contribution in [0.25, 0.3) is 16.8 Å². The van der Waals surface area contributed by atoms with Crippen molar-refractivity contribution in [2.75, 3.05) is 13.1 Å². The summed E-state index contributed by atoms with van der Waals surface area (Å²) in [4.78, 5) is 0. The fraction of sp³-hybridized carbons (Fsp3) is 0.250. The van der Waals surface area contributed by atoms with E-state index in [1.54, 1.807) is 0 Å². The molecule has 0 aromatic heterocycles. The maximum Gasteiger partial charge on any atom is 0.0167 e. The van der Waals surface area contributed by atoms with Crippen molar-refractivity contribution in [1.29, 1.82) is 0 Å². The largest absolute Gasteiger partial charge is 0.313 e. The number of hydrogen-bond acceptors (Lipinski definition) is 1. The molecule has 0 saturated carbocycles. The summed E-state index contributed by atoms with van der Waals surface area (Å²) in [6, 6.07) is 15.1. The molecule has 86 valence electrons. The zero-order valence-electron chi connectivity index (χ0n) is 9.95. The molecule has 1 heteroatoms. The minimum Gasteiger partial charge on any atom is -0.313 e. The molecule has 1 aliphatic rings. The maximum atomic E-state index is 3.43. The van der Waals surface area contributed by atoms with E-state index >= 15 is 0 Å². The molecule has 2 aromatic carbocycles. The van der Waals surface area contributed by atoms with Crippen molar-refractivity contribution in [3.63, 3.8) is 0 Å². The van der Waals surface area contributed by atoms with Crippen molar-refractivity contribution in [3.8, 4) is 0 Å². The van der Waals surface area contributed by atoms with Crippen LogP contribution in [-0.2, 0) is 0 Å². The fourth-order valence-electron chi connectivity index (χ4n) is 2.50. The summed E-state index contributed by atoms with van der Waals surface area (Å²) in [5, 5.41) is 6.11. The molecule has 1 aliphatic heterocycles. The Morgan fingerprint density at radius 3 is 2.76 bits per heavy atom. The smallest absolute Gasteiger partial charge is 0.0167 e. The molecule has 1 heterocycles. The Bertz CT molecular complexity index is 541. The zero-order valence-corrected chi connectivity index (χ0v) is 9.95. The molecule has 1 saturated heterocycles. The van der Waals surface area contributed by atoms with Crippen molar-refractivity contribution in [1.82, 2.24) is 5.32 Å². The first-order chi connectivity index (χ1) is 8.43. The number of rotatable bonds is 1. The van der Waals surface area contributed by atoms with E-state index < -0.39 is 0 Å². The lowest BCUT2D eigenvalue weighted by molar-refractivity contribution is 0.613. The van der Waals surface area contributed by atoms with Crippen molar-refractivity contribution in [3.05, 3.63) is 53.6 Å². The molecule has 1 nitrogen and oxygen atoms in total. The molecule has 0 unspecified atom stereocenters. The Labute approximate surface area is 102 Å². The second-order valence-corrected chi connectivity index (χ2v) is 4.65. The van der Waals surface area contributed by atoms with Crippen LogP contribution in [0.15, 0.2) is 48.0 Å². The number of fused-ring (bicyclic) bond motifs is 1. The van der Waals surface area contributed by atoms with Crippen LogP contribution in [0.4, 0.5) is 0 Å². The van der Waals surface area contributed by atoms with Gasteiger partial charge in [0.15, 0.2) is 0 Å². The van der Waals surface area contributed by atoms with E-state index in [9.17, 15) is 0 Å². The van der Waals surface area contributed by atoms with Crippen molar-refractivity contribution >= 4 is 16.8 Å². The SMILES string of the molecule is C(=C1CCCNC1)c1cccc2ccccc12. The summed E-state index contributed by atoms with van der Waals surface area (Å²) >= 11 is 0. The van der Waals surface area contributed by atoms with Crippen LogP contribution in [0.2, 0.25) is 0 Å². The Kier molecular flexibility index (Phi) is 2.93. The predicted molar refractivity (Wildman–Crippen MR) is 74.0 cm³/mol. The molecule has 0 bridgehead atoms. The van der Waals surface area contributed by atoms with Crippen LogP contribution in [0.5, 0.6) is 0 Å². The summed E-state index contributed by atoms with van der Waals surface area (Å²) in [5.74, 6) is 0. The minimum atomic E-state index is 1.04. The van der Waals surface area contributed by atoms with Gasteiger partial charge in [0.05, 0.1) is 0 Å². The van der Waals surface area contributed by atoms with Crippen molar-refractivity contribution in [2.45, 2.75) is 12.8 Å². The lowest BCUT2D eigenvalue weighted by Crippen LogP contribution is -2.23. The van der Waals surface area contributed by atoms with Gasteiger partial charge in [0.25, 0.3) is 0 Å². The highest BCUT2D eigenvalue weighted by Crippen LogP contribution is 2.22. The summed E-state index contributed by atoms with van der Waals surface area (Å²) in [6.45, 7) is 2.20. The third-order valence-electron chi connectivity index (χ3n) is 3.39. The first kappa shape index (κ1) is 10.5. The van der Waals surface area contributed by atoms with Gasteiger partial charge in [0.1, 0.15) is 0 Å². The third kappa shape index (κ3) is 2.25. The van der Waals surface area contributed by atoms with E-state index in [0.29, 0.717) is 0 Å². The highest BCUT2D eigenvalue weighted by Gasteiger charge is 2.05. The van der Waals surface area contributed by atoms with E-state index in [-0.39, 0.29) is 0 Å². The topological polar surface area (TPSA) is 12.0 Å². The van der Waals surface area contributed by atoms with E-state index in [0.717, 1.165) is 13.1 Å². The third-order valence-corrected chi connectivity index (χ3v) is 3.39. The molecule has 0 atom stereocenters. The molecular weight excluding hydrogens is 206 g/mol. The van der Waals surface area contributed by atoms with Crippen molar-refractivity contribution < 1.29 is 0 Å². The van der Waals surface area contributed by atoms with Gasteiger partial charge in [-0.05, 0) is 35.7 Å². The first-order valence-corrected chi connectivity index (χ1v) is 6.31. The van der Waals surface area contributed by atoms with E-state index in [1.807, 2.05) is 0 Å². The van der Waals surface area contributed by atoms with Crippen LogP contribution in [-0.4, -0.2) is 13.1 Å². The summed E-state index contributed by atoms with van der Waals surface area (Å²) in [7, 11) is 0. The second kappa shape index (κ2) is 4.72. The molecule has 0 radical (unpaired) electrons. The number of nitrogens with one attached hydrogen (secondary N) is 1. The van der Waals surface area contributed by atoms with Gasteiger partial charge in [-0.1, -0.05) is 54.1 Å². The normalized spacial score (nSPS) is 18.7. The predicted octanol–water partition coefficient (Wildman–Crippen LogP) is 3.61. The standard InChI is InChI=1S/C16H17N/c1-2-9-16-14(6-1)7-3-8-15(16)11-13-5-4-10-17-12-13/h1-3,6-9,11,17H,4-5,10,12H2. The molecule has 0 aliphatic carbocycles. The number of benzene rings is 2. The zero-order chi connectivity index (χ0) is 11.5. The van der Waals surface area contributed by atoms with Crippen molar-refractivity contribution in [2.24, 2.45) is 0 Å². The maximum absolute atomic E-state index is 3.43. The average molecular weight is 223 g/mol. The highest BCUT2D eigenvalue weighted by molar-refractivity contribution is 5.90. The van der Waals surface area contributed by atoms with Crippen LogP contribution in [0.1, 0.15) is 18.4 Å². The minimum absolute atomic E-state index is 1.04. The molecule has 1 fully saturated rings. The molecule has 0 spiro atoms. The van der Waals surface area contributed by atoms with Gasteiger partial charge in [-0.3, -0.25) is 0 Å². The quantitative estimate of drug-likeness (QED) is 0.778. The van der Waals surface area contributed by atoms with Crippen LogP contribution < -0.4 is 5.32 Å². The van der Waals surface area contributed by atoms with Gasteiger partial charge >= 0.3 is 0 Å². The Morgan fingerprint density at radius 2 is 1.88 bits per heavy atom. The molecule has 2 aromatic rings. The average Bonchev–Trinajstić information content (AvgIpc) is 2.40. The lowest BCUT2D eigenvalue weighted by Gasteiger charge is -2.15. The van der Waals surface area contributed by atoms with Crippen LogP contribution in [0, 0.1) is 0 Å². The van der Waals surface area contributed by atoms with E-state index in [1.165, 1.54) is 34.8 Å². The number of hydrogen-bond donors (Lipinski definition) is 1. The van der Waals surface area contributed by atoms with Gasteiger partial charge in [0, 0.05) is 6.54 Å². The number of piperidine rings is 1. The van der Waals surface area contributed by atoms with Crippen LogP contribution >= 0.6 is 0 Å². The molecule has 0 amide bonds. The van der Waals surface area contributed by atoms with E-state index in [2.05, 4.69) is 53.9 Å². The van der Waals surface area contributed by atoms with Gasteiger partial charge in [-0.2, -0.15) is 0 Å². The molecule has 1 N–H and O–H groups in total. The Morgan fingerprint density at radius 1 is 1.00 bits per heavy atom. The first-order valence-electron chi connectivity index (χ1n) is 6.31. The van der Waals surface area contributed by atoms with Gasteiger partial charge < -0.3 is 5.32 Å². The van der Waals surface area contributed by atoms with E-state index in [4.69, 9.17) is 0 Å². The Hall–Kier alpha value is -1.60. The fourth-order valence-corrected chi connectivity index (χ4v) is 2.50. The monoisotopic (exact) mass is 223 g/mol. The molecular formula is C16H17N. The van der Waals surface area contributed by atoms with Gasteiger partial charge in [0.2, 0.25) is 0 Å². The second-order valence-electron chi connectivity index (χ2n) is 4.65. The highest BCUT2D eigenvalue weighted by atomic mass is 14.9. The molecule has 3 rings (SSSR count). The van der Waals surface area contributed by atoms with Gasteiger partial charge in [-0.25, -0.2) is 0 Å². The van der Waals surface area contributed by atoms with Gasteiger partial charge in [-0.15, -0.1) is 0 Å². The summed E-state index contributed by atoms with van der Waals surface area (Å²) in [6.07, 6.45) is 4.85. The lowest BCUT2D eigenvalue weighted by atomic mass is 9.99. The molecule has 17 heavy (non-hydrogen) atoms. The summed E-state index contributed by atoms with van der Waals surface area (Å²) < 4.78 is 0. The Balaban J connectivity index is 2.05. The van der Waals surface area contributed by atoms with Crippen LogP contribution in [0.3, 0.4) is 0 Å². The summed E-state index contributed by atoms with van der Waals surface area (Å²) in [5.41, 5.74) is 2.87.